The van der Waals surface area contributed by atoms with Gasteiger partial charge in [0.1, 0.15) is 11.6 Å². The molecule has 0 spiro atoms. The van der Waals surface area contributed by atoms with Gasteiger partial charge in [-0.1, -0.05) is 178 Å². The molecule has 4 nitrogen and oxygen atoms in total. The van der Waals surface area contributed by atoms with Crippen LogP contribution in [0.3, 0.4) is 0 Å². The van der Waals surface area contributed by atoms with Gasteiger partial charge in [0.2, 0.25) is 0 Å². The first-order valence-corrected chi connectivity index (χ1v) is 23.6. The third-order valence-electron chi connectivity index (χ3n) is 13.2. The minimum Gasteiger partial charge on any atom is -0.507 e. The van der Waals surface area contributed by atoms with Crippen molar-refractivity contribution in [2.24, 2.45) is 0 Å². The fraction of sp³-hybridized carbons (Fsp3) is 0.238. The fourth-order valence-corrected chi connectivity index (χ4v) is 9.15. The zero-order valence-electron chi connectivity index (χ0n) is 43.5. The standard InChI is InChI=1S/C63H63N3O/c1-39(2)46-35-52(40(3)4)60(67)55(36-46)61-65-59-51(47-32-48(34-50(33-47)63(9,10)11)56-37-45(29-30-64-56)42-19-14-12-15-20-42)23-18-24-57(59)66(61)58-31-41(5)53(43-21-16-13-17-22-43)38-54(58)44-25-27-49(28-26-44)62(6,7)8/h12-40,67H,1-11H3/i5D3. The van der Waals surface area contributed by atoms with E-state index in [1.54, 1.807) is 0 Å². The highest BCUT2D eigenvalue weighted by Crippen LogP contribution is 2.46. The molecule has 0 bridgehead atoms. The fourth-order valence-electron chi connectivity index (χ4n) is 9.15. The number of para-hydroxylation sites is 1. The Morgan fingerprint density at radius 2 is 1.18 bits per heavy atom. The molecule has 7 aromatic carbocycles. The summed E-state index contributed by atoms with van der Waals surface area (Å²) in [4.78, 5) is 10.6. The number of phenolic OH excluding ortho intramolecular Hbond substituents is 1. The second-order valence-electron chi connectivity index (χ2n) is 20.7. The number of hydrogen-bond acceptors (Lipinski definition) is 3. The quantitative estimate of drug-likeness (QED) is 0.157. The summed E-state index contributed by atoms with van der Waals surface area (Å²) in [5.74, 6) is 0.849. The lowest BCUT2D eigenvalue weighted by molar-refractivity contribution is 0.466. The van der Waals surface area contributed by atoms with E-state index in [2.05, 4.69) is 177 Å². The SMILES string of the molecule is [2H]C([2H])([2H])c1cc(-n2c(-c3cc(C(C)C)cc(C(C)C)c3O)nc3c(-c4cc(-c5cc(-c6ccccc6)ccn5)cc(C(C)(C)C)c4)cccc32)c(-c2ccc(C(C)(C)C)cc2)cc1-c1ccccc1. The minimum absolute atomic E-state index is 0.0163. The highest BCUT2D eigenvalue weighted by atomic mass is 16.3. The van der Waals surface area contributed by atoms with Crippen molar-refractivity contribution in [1.29, 1.82) is 0 Å². The van der Waals surface area contributed by atoms with Gasteiger partial charge in [0.25, 0.3) is 0 Å². The maximum atomic E-state index is 12.5. The molecule has 67 heavy (non-hydrogen) atoms. The summed E-state index contributed by atoms with van der Waals surface area (Å²) in [5.41, 5.74) is 16.0. The Hall–Kier alpha value is -7.04. The lowest BCUT2D eigenvalue weighted by Crippen LogP contribution is -2.11. The van der Waals surface area contributed by atoms with Crippen molar-refractivity contribution in [3.05, 3.63) is 192 Å². The van der Waals surface area contributed by atoms with Crippen LogP contribution < -0.4 is 0 Å². The second-order valence-corrected chi connectivity index (χ2v) is 20.7. The summed E-state index contributed by atoms with van der Waals surface area (Å²) in [6.07, 6.45) is 1.88. The molecule has 2 heterocycles. The molecular weight excluding hydrogens is 815 g/mol. The van der Waals surface area contributed by atoms with Gasteiger partial charge < -0.3 is 5.11 Å². The number of nitrogens with zero attached hydrogens (tertiary/aromatic N) is 3. The van der Waals surface area contributed by atoms with Gasteiger partial charge in [-0.15, -0.1) is 0 Å². The zero-order valence-corrected chi connectivity index (χ0v) is 40.5. The van der Waals surface area contributed by atoms with Crippen molar-refractivity contribution < 1.29 is 9.22 Å². The van der Waals surface area contributed by atoms with Gasteiger partial charge in [0, 0.05) is 27.0 Å². The molecule has 0 aliphatic carbocycles. The number of aryl methyl sites for hydroxylation is 1. The predicted molar refractivity (Wildman–Crippen MR) is 283 cm³/mol. The van der Waals surface area contributed by atoms with Crippen molar-refractivity contribution in [2.45, 2.75) is 98.8 Å². The van der Waals surface area contributed by atoms with Gasteiger partial charge >= 0.3 is 0 Å². The Morgan fingerprint density at radius 1 is 0.522 bits per heavy atom. The molecular formula is C63H63N3O. The highest BCUT2D eigenvalue weighted by molar-refractivity contribution is 5.98. The number of fused-ring (bicyclic) bond motifs is 1. The van der Waals surface area contributed by atoms with E-state index in [1.807, 2.05) is 60.8 Å². The van der Waals surface area contributed by atoms with E-state index in [-0.39, 0.29) is 34.0 Å². The molecule has 0 unspecified atom stereocenters. The van der Waals surface area contributed by atoms with Crippen LogP contribution in [0.2, 0.25) is 0 Å². The van der Waals surface area contributed by atoms with Crippen LogP contribution in [0.1, 0.15) is 113 Å². The second kappa shape index (κ2) is 17.6. The summed E-state index contributed by atoms with van der Waals surface area (Å²) in [7, 11) is 0. The topological polar surface area (TPSA) is 50.9 Å². The number of aromatic hydroxyl groups is 1. The van der Waals surface area contributed by atoms with Crippen LogP contribution in [-0.2, 0) is 10.8 Å². The lowest BCUT2D eigenvalue weighted by Gasteiger charge is -2.22. The van der Waals surface area contributed by atoms with Crippen LogP contribution in [0.4, 0.5) is 0 Å². The summed E-state index contributed by atoms with van der Waals surface area (Å²) in [6.45, 7) is 19.3. The monoisotopic (exact) mass is 881 g/mol. The summed E-state index contributed by atoms with van der Waals surface area (Å²) in [6, 6.07) is 54.0. The lowest BCUT2D eigenvalue weighted by atomic mass is 9.83. The van der Waals surface area contributed by atoms with Crippen LogP contribution in [-0.4, -0.2) is 19.6 Å². The first-order valence-electron chi connectivity index (χ1n) is 25.1. The first-order chi connectivity index (χ1) is 33.2. The Balaban J connectivity index is 1.40. The molecule has 0 radical (unpaired) electrons. The molecule has 336 valence electrons. The summed E-state index contributed by atoms with van der Waals surface area (Å²) < 4.78 is 29.3. The van der Waals surface area contributed by atoms with Crippen molar-refractivity contribution in [3.8, 4) is 78.6 Å². The number of rotatable bonds is 9. The van der Waals surface area contributed by atoms with E-state index < -0.39 is 6.85 Å². The summed E-state index contributed by atoms with van der Waals surface area (Å²) in [5, 5.41) is 12.5. The molecule has 0 atom stereocenters. The maximum Gasteiger partial charge on any atom is 0.149 e. The van der Waals surface area contributed by atoms with E-state index in [4.69, 9.17) is 14.1 Å². The zero-order chi connectivity index (χ0) is 49.9. The minimum atomic E-state index is -2.48. The van der Waals surface area contributed by atoms with E-state index in [0.717, 1.165) is 77.9 Å². The molecule has 0 aliphatic heterocycles. The number of imidazole rings is 1. The van der Waals surface area contributed by atoms with Crippen LogP contribution >= 0.6 is 0 Å². The normalized spacial score (nSPS) is 13.0. The summed E-state index contributed by atoms with van der Waals surface area (Å²) >= 11 is 0. The third-order valence-corrected chi connectivity index (χ3v) is 13.2. The van der Waals surface area contributed by atoms with E-state index in [0.29, 0.717) is 22.6 Å². The molecule has 4 heteroatoms. The van der Waals surface area contributed by atoms with Crippen molar-refractivity contribution in [1.82, 2.24) is 14.5 Å². The molecule has 2 aromatic heterocycles. The number of hydrogen-bond donors (Lipinski definition) is 1. The highest BCUT2D eigenvalue weighted by Gasteiger charge is 2.27. The Bertz CT molecular complexity index is 3370. The number of pyridine rings is 1. The number of aromatic nitrogens is 3. The van der Waals surface area contributed by atoms with E-state index in [1.165, 1.54) is 5.56 Å². The maximum absolute atomic E-state index is 12.5. The Labute approximate surface area is 402 Å². The van der Waals surface area contributed by atoms with Gasteiger partial charge in [-0.3, -0.25) is 9.55 Å². The van der Waals surface area contributed by atoms with Crippen molar-refractivity contribution >= 4 is 11.0 Å². The third kappa shape index (κ3) is 8.86. The smallest absolute Gasteiger partial charge is 0.149 e. The largest absolute Gasteiger partial charge is 0.507 e. The number of phenols is 1. The molecule has 9 aromatic rings. The van der Waals surface area contributed by atoms with Gasteiger partial charge in [-0.25, -0.2) is 4.98 Å². The van der Waals surface area contributed by atoms with Crippen LogP contribution in [0.5, 0.6) is 5.75 Å². The molecule has 1 N–H and O–H groups in total. The molecule has 0 aliphatic rings. The van der Waals surface area contributed by atoms with Gasteiger partial charge in [-0.2, -0.15) is 0 Å². The average Bonchev–Trinajstić information content (AvgIpc) is 3.72. The molecule has 9 rings (SSSR count). The molecule has 0 amide bonds. The average molecular weight is 881 g/mol. The van der Waals surface area contributed by atoms with Crippen LogP contribution in [0.25, 0.3) is 83.9 Å². The van der Waals surface area contributed by atoms with Gasteiger partial charge in [-0.05, 0) is 139 Å². The van der Waals surface area contributed by atoms with Crippen molar-refractivity contribution in [3.63, 3.8) is 0 Å². The number of benzene rings is 7. The van der Waals surface area contributed by atoms with Gasteiger partial charge in [0.15, 0.2) is 0 Å². The van der Waals surface area contributed by atoms with Crippen molar-refractivity contribution in [2.75, 3.05) is 0 Å². The predicted octanol–water partition coefficient (Wildman–Crippen LogP) is 17.3. The van der Waals surface area contributed by atoms with Crippen LogP contribution in [0.15, 0.2) is 164 Å². The molecule has 0 saturated heterocycles. The Morgan fingerprint density at radius 3 is 1.82 bits per heavy atom. The van der Waals surface area contributed by atoms with E-state index in [9.17, 15) is 5.11 Å². The Kier molecular flexibility index (Phi) is 10.9. The molecule has 0 fully saturated rings. The first kappa shape index (κ1) is 41.4. The van der Waals surface area contributed by atoms with Crippen LogP contribution in [0, 0.1) is 6.85 Å². The molecule has 0 saturated carbocycles. The van der Waals surface area contributed by atoms with E-state index >= 15 is 0 Å². The van der Waals surface area contributed by atoms with Gasteiger partial charge in [0.05, 0.1) is 28.0 Å².